The van der Waals surface area contributed by atoms with Crippen LogP contribution in [0.25, 0.3) is 11.6 Å². The lowest BCUT2D eigenvalue weighted by atomic mass is 9.87. The van der Waals surface area contributed by atoms with Gasteiger partial charge in [0.05, 0.1) is 24.4 Å². The van der Waals surface area contributed by atoms with Gasteiger partial charge in [0.2, 0.25) is 17.4 Å². The first-order chi connectivity index (χ1) is 20.8. The van der Waals surface area contributed by atoms with E-state index in [9.17, 15) is 16.8 Å². The van der Waals surface area contributed by atoms with Crippen molar-refractivity contribution in [2.24, 2.45) is 0 Å². The predicted octanol–water partition coefficient (Wildman–Crippen LogP) is 4.94. The lowest BCUT2D eigenvalue weighted by molar-refractivity contribution is 0.160. The van der Waals surface area contributed by atoms with Crippen LogP contribution in [0.1, 0.15) is 40.2 Å². The lowest BCUT2D eigenvalue weighted by Crippen LogP contribution is -2.34. The number of benzene rings is 2. The van der Waals surface area contributed by atoms with Gasteiger partial charge in [-0.3, -0.25) is 9.56 Å². The van der Waals surface area contributed by atoms with Gasteiger partial charge in [-0.2, -0.15) is 0 Å². The van der Waals surface area contributed by atoms with Crippen LogP contribution in [0.15, 0.2) is 71.9 Å². The van der Waals surface area contributed by atoms with E-state index in [1.54, 1.807) is 49.4 Å². The Balaban J connectivity index is 2.00. The lowest BCUT2D eigenvalue weighted by Gasteiger charge is -2.25. The molecule has 0 aliphatic carbocycles. The quantitative estimate of drug-likeness (QED) is 0.208. The number of rotatable bonds is 12. The van der Waals surface area contributed by atoms with E-state index in [0.717, 1.165) is 5.56 Å². The molecule has 234 valence electrons. The van der Waals surface area contributed by atoms with Crippen LogP contribution in [0.5, 0.6) is 17.2 Å². The van der Waals surface area contributed by atoms with Crippen LogP contribution in [0, 0.1) is 0 Å². The second-order valence-corrected chi connectivity index (χ2v) is 14.1. The molecule has 2 aromatic carbocycles. The minimum Gasteiger partial charge on any atom is -0.493 e. The van der Waals surface area contributed by atoms with Crippen molar-refractivity contribution >= 4 is 31.7 Å². The Bertz CT molecular complexity index is 1810. The molecule has 0 spiro atoms. The molecule has 0 aliphatic heterocycles. The molecule has 2 heterocycles. The van der Waals surface area contributed by atoms with Crippen molar-refractivity contribution in [1.82, 2.24) is 19.9 Å². The molecular weight excluding hydrogens is 608 g/mol. The number of sulfonamides is 2. The zero-order chi connectivity index (χ0) is 32.1. The smallest absolute Gasteiger partial charge is 0.263 e. The summed E-state index contributed by atoms with van der Waals surface area (Å²) < 4.78 is 68.7. The van der Waals surface area contributed by atoms with Crippen molar-refractivity contribution in [3.63, 3.8) is 0 Å². The van der Waals surface area contributed by atoms with Gasteiger partial charge in [-0.25, -0.2) is 36.8 Å². The topological polar surface area (TPSA) is 163 Å². The number of methoxy groups -OCH3 is 1. The highest BCUT2D eigenvalue weighted by Gasteiger charge is 2.33. The Hall–Kier alpha value is -4.34. The molecule has 0 atom stereocenters. The van der Waals surface area contributed by atoms with Crippen molar-refractivity contribution in [3.8, 4) is 28.9 Å². The molecule has 15 heteroatoms. The Morgan fingerprint density at radius 1 is 0.841 bits per heavy atom. The number of nitrogens with zero attached hydrogens (tertiary/aromatic N) is 5. The summed E-state index contributed by atoms with van der Waals surface area (Å²) in [6, 6.07) is 14.5. The van der Waals surface area contributed by atoms with Crippen LogP contribution >= 0.6 is 0 Å². The SMILES string of the molecule is CCON(c1nc(-c2ncccn2)nc(NS(=O)(=O)c2ccc(C(C)(C)C)cc2)c1Oc1ccccc1OC)S(=O)(=O)CC. The third kappa shape index (κ3) is 7.23. The van der Waals surface area contributed by atoms with E-state index in [1.807, 2.05) is 20.8 Å². The van der Waals surface area contributed by atoms with Crippen LogP contribution < -0.4 is 18.7 Å². The normalized spacial score (nSPS) is 12.0. The molecule has 1 N–H and O–H groups in total. The van der Waals surface area contributed by atoms with Gasteiger partial charge < -0.3 is 9.47 Å². The molecule has 4 rings (SSSR count). The van der Waals surface area contributed by atoms with E-state index in [0.29, 0.717) is 4.47 Å². The summed E-state index contributed by atoms with van der Waals surface area (Å²) in [4.78, 5) is 22.6. The number of para-hydroxylation sites is 2. The summed E-state index contributed by atoms with van der Waals surface area (Å²) in [6.45, 7) is 8.98. The van der Waals surface area contributed by atoms with Gasteiger partial charge in [0.1, 0.15) is 0 Å². The Labute approximate surface area is 257 Å². The maximum absolute atomic E-state index is 13.8. The third-order valence-electron chi connectivity index (χ3n) is 6.19. The van der Waals surface area contributed by atoms with Crippen LogP contribution in [-0.4, -0.2) is 56.2 Å². The van der Waals surface area contributed by atoms with Gasteiger partial charge in [-0.15, -0.1) is 4.47 Å². The number of hydrogen-bond acceptors (Lipinski definition) is 11. The second-order valence-electron chi connectivity index (χ2n) is 10.3. The number of anilines is 2. The number of aromatic nitrogens is 4. The molecule has 0 bridgehead atoms. The van der Waals surface area contributed by atoms with Crippen molar-refractivity contribution in [2.75, 3.05) is 28.7 Å². The van der Waals surface area contributed by atoms with Gasteiger partial charge in [-0.05, 0) is 55.2 Å². The molecular formula is C29H34N6O7S2. The molecule has 0 saturated carbocycles. The van der Waals surface area contributed by atoms with Gasteiger partial charge in [0.15, 0.2) is 23.1 Å². The van der Waals surface area contributed by atoms with E-state index in [2.05, 4.69) is 24.7 Å². The first-order valence-electron chi connectivity index (χ1n) is 13.6. The summed E-state index contributed by atoms with van der Waals surface area (Å²) in [5.41, 5.74) is 0.729. The molecule has 44 heavy (non-hydrogen) atoms. The van der Waals surface area contributed by atoms with Crippen LogP contribution in [0.2, 0.25) is 0 Å². The fourth-order valence-corrected chi connectivity index (χ4v) is 5.77. The fraction of sp³-hybridized carbons (Fsp3) is 0.310. The minimum atomic E-state index is -4.30. The predicted molar refractivity (Wildman–Crippen MR) is 166 cm³/mol. The van der Waals surface area contributed by atoms with E-state index < -0.39 is 25.9 Å². The summed E-state index contributed by atoms with van der Waals surface area (Å²) in [5.74, 6) is -1.32. The zero-order valence-corrected chi connectivity index (χ0v) is 26.8. The number of hydrogen-bond donors (Lipinski definition) is 1. The highest BCUT2D eigenvalue weighted by atomic mass is 32.2. The van der Waals surface area contributed by atoms with E-state index >= 15 is 0 Å². The average Bonchev–Trinajstić information content (AvgIpc) is 3.00. The van der Waals surface area contributed by atoms with Crippen LogP contribution in [-0.2, 0) is 30.3 Å². The van der Waals surface area contributed by atoms with Gasteiger partial charge in [-0.1, -0.05) is 45.0 Å². The van der Waals surface area contributed by atoms with Crippen molar-refractivity contribution in [3.05, 3.63) is 72.6 Å². The van der Waals surface area contributed by atoms with Crippen LogP contribution in [0.3, 0.4) is 0 Å². The monoisotopic (exact) mass is 642 g/mol. The zero-order valence-electron chi connectivity index (χ0n) is 25.2. The van der Waals surface area contributed by atoms with E-state index in [-0.39, 0.29) is 57.4 Å². The van der Waals surface area contributed by atoms with Gasteiger partial charge >= 0.3 is 0 Å². The Morgan fingerprint density at radius 2 is 1.48 bits per heavy atom. The minimum absolute atomic E-state index is 0.00193. The molecule has 0 amide bonds. The Kier molecular flexibility index (Phi) is 9.71. The molecule has 0 aliphatic rings. The molecule has 0 radical (unpaired) electrons. The van der Waals surface area contributed by atoms with Crippen LogP contribution in [0.4, 0.5) is 11.6 Å². The van der Waals surface area contributed by atoms with E-state index in [1.165, 1.54) is 38.6 Å². The van der Waals surface area contributed by atoms with Crippen molar-refractivity contribution in [2.45, 2.75) is 44.9 Å². The van der Waals surface area contributed by atoms with Gasteiger partial charge in [0.25, 0.3) is 20.0 Å². The standard InChI is InChI=1S/C29H34N6O7S2/c1-7-41-35(43(36,37)8-2)28-24(42-23-13-10-9-12-22(23)40-6)25(32-27(33-28)26-30-18-11-19-31-26)34-44(38,39)21-16-14-20(15-17-21)29(3,4)5/h9-19H,7-8H2,1-6H3,(H,32,33,34). The first kappa shape index (κ1) is 32.6. The largest absolute Gasteiger partial charge is 0.493 e. The number of ether oxygens (including phenoxy) is 2. The average molecular weight is 643 g/mol. The summed E-state index contributed by atoms with van der Waals surface area (Å²) in [5, 5.41) is 0. The summed E-state index contributed by atoms with van der Waals surface area (Å²) >= 11 is 0. The Morgan fingerprint density at radius 3 is 2.05 bits per heavy atom. The maximum Gasteiger partial charge on any atom is 0.263 e. The summed E-state index contributed by atoms with van der Waals surface area (Å²) in [6.07, 6.45) is 2.88. The second kappa shape index (κ2) is 13.1. The summed E-state index contributed by atoms with van der Waals surface area (Å²) in [7, 11) is -7.02. The molecule has 0 saturated heterocycles. The molecule has 0 fully saturated rings. The highest BCUT2D eigenvalue weighted by molar-refractivity contribution is 7.93. The van der Waals surface area contributed by atoms with Crippen molar-refractivity contribution in [1.29, 1.82) is 0 Å². The maximum atomic E-state index is 13.8. The van der Waals surface area contributed by atoms with E-state index in [4.69, 9.17) is 14.3 Å². The first-order valence-corrected chi connectivity index (χ1v) is 16.7. The highest BCUT2D eigenvalue weighted by Crippen LogP contribution is 2.42. The molecule has 0 unspecified atom stereocenters. The third-order valence-corrected chi connectivity index (χ3v) is 9.06. The molecule has 2 aromatic heterocycles. The molecule has 4 aromatic rings. The van der Waals surface area contributed by atoms with Gasteiger partial charge in [0, 0.05) is 12.4 Å². The number of nitrogens with one attached hydrogen (secondary N) is 1. The molecule has 13 nitrogen and oxygen atoms in total. The van der Waals surface area contributed by atoms with Crippen molar-refractivity contribution < 1.29 is 31.1 Å². The fourth-order valence-electron chi connectivity index (χ4n) is 3.88.